The molecule has 100 valence electrons. The van der Waals surface area contributed by atoms with Crippen molar-refractivity contribution in [2.24, 2.45) is 5.73 Å². The first-order valence-electron chi connectivity index (χ1n) is 5.48. The Morgan fingerprint density at radius 2 is 2.28 bits per heavy atom. The highest BCUT2D eigenvalue weighted by atomic mass is 79.9. The zero-order valence-corrected chi connectivity index (χ0v) is 13.5. The largest absolute Gasteiger partial charge is 0.392 e. The third-order valence-corrected chi connectivity index (χ3v) is 7.74. The summed E-state index contributed by atoms with van der Waals surface area (Å²) in [4.78, 5) is 0.256. The zero-order chi connectivity index (χ0) is 13.3. The molecule has 0 saturated carbocycles. The van der Waals surface area contributed by atoms with Crippen LogP contribution in [0.5, 0.6) is 0 Å². The van der Waals surface area contributed by atoms with Gasteiger partial charge in [0.1, 0.15) is 4.21 Å². The van der Waals surface area contributed by atoms with Crippen LogP contribution in [0.4, 0.5) is 0 Å². The summed E-state index contributed by atoms with van der Waals surface area (Å²) in [6.07, 6.45) is 2.51. The van der Waals surface area contributed by atoms with E-state index in [0.29, 0.717) is 21.6 Å². The van der Waals surface area contributed by atoms with Crippen molar-refractivity contribution in [2.75, 3.05) is 6.54 Å². The normalized spacial score (nSPS) is 21.9. The van der Waals surface area contributed by atoms with Crippen molar-refractivity contribution in [3.63, 3.8) is 0 Å². The second-order valence-corrected chi connectivity index (χ2v) is 8.41. The Balaban J connectivity index is 2.39. The van der Waals surface area contributed by atoms with Crippen molar-refractivity contribution in [3.8, 4) is 0 Å². The van der Waals surface area contributed by atoms with Gasteiger partial charge in [-0.3, -0.25) is 0 Å². The van der Waals surface area contributed by atoms with Gasteiger partial charge in [-0.25, -0.2) is 8.42 Å². The van der Waals surface area contributed by atoms with Gasteiger partial charge in [-0.2, -0.15) is 4.31 Å². The van der Waals surface area contributed by atoms with Crippen molar-refractivity contribution in [1.29, 1.82) is 0 Å². The average molecular weight is 369 g/mol. The van der Waals surface area contributed by atoms with Crippen LogP contribution in [-0.4, -0.2) is 30.3 Å². The highest BCUT2D eigenvalue weighted by molar-refractivity contribution is 9.10. The molecular weight excluding hydrogens is 356 g/mol. The Kier molecular flexibility index (Phi) is 4.43. The molecule has 1 aliphatic heterocycles. The van der Waals surface area contributed by atoms with Crippen molar-refractivity contribution in [2.45, 2.75) is 29.5 Å². The molecule has 4 nitrogen and oxygen atoms in total. The van der Waals surface area contributed by atoms with Gasteiger partial charge in [0.05, 0.1) is 11.0 Å². The van der Waals surface area contributed by atoms with E-state index >= 15 is 0 Å². The number of hydrogen-bond acceptors (Lipinski definition) is 4. The summed E-state index contributed by atoms with van der Waals surface area (Å²) >= 11 is 9.46. The number of thiocarbonyl (C=S) groups is 1. The molecule has 2 heterocycles. The van der Waals surface area contributed by atoms with E-state index in [4.69, 9.17) is 18.0 Å². The molecule has 0 bridgehead atoms. The fourth-order valence-electron chi connectivity index (χ4n) is 2.05. The number of nitrogens with zero attached hydrogens (tertiary/aromatic N) is 1. The first-order chi connectivity index (χ1) is 8.44. The molecule has 2 rings (SSSR count). The number of thiophene rings is 1. The molecule has 2 N–H and O–H groups in total. The van der Waals surface area contributed by atoms with E-state index in [1.165, 1.54) is 15.6 Å². The van der Waals surface area contributed by atoms with Crippen LogP contribution in [0, 0.1) is 0 Å². The van der Waals surface area contributed by atoms with E-state index in [-0.39, 0.29) is 11.0 Å². The molecule has 1 unspecified atom stereocenters. The van der Waals surface area contributed by atoms with Crippen LogP contribution in [0.1, 0.15) is 19.3 Å². The number of halogens is 1. The fraction of sp³-hybridized carbons (Fsp3) is 0.500. The van der Waals surface area contributed by atoms with Gasteiger partial charge in [-0.15, -0.1) is 11.3 Å². The molecule has 1 aliphatic rings. The smallest absolute Gasteiger partial charge is 0.254 e. The van der Waals surface area contributed by atoms with Gasteiger partial charge < -0.3 is 5.73 Å². The average Bonchev–Trinajstić information content (AvgIpc) is 2.76. The molecule has 0 spiro atoms. The summed E-state index contributed by atoms with van der Waals surface area (Å²) in [6, 6.07) is 1.38. The maximum Gasteiger partial charge on any atom is 0.254 e. The van der Waals surface area contributed by atoms with E-state index in [0.717, 1.165) is 12.8 Å². The maximum atomic E-state index is 12.6. The second kappa shape index (κ2) is 5.54. The molecule has 0 aromatic carbocycles. The summed E-state index contributed by atoms with van der Waals surface area (Å²) in [5.41, 5.74) is 5.66. The second-order valence-electron chi connectivity index (χ2n) is 4.09. The molecule has 8 heteroatoms. The molecule has 1 atom stereocenters. The minimum atomic E-state index is -3.51. The van der Waals surface area contributed by atoms with Crippen LogP contribution >= 0.6 is 39.5 Å². The Bertz CT molecular complexity index is 555. The Labute approximate surface area is 124 Å². The van der Waals surface area contributed by atoms with Crippen molar-refractivity contribution >= 4 is 54.5 Å². The van der Waals surface area contributed by atoms with Crippen LogP contribution in [0.15, 0.2) is 20.1 Å². The standard InChI is InChI=1S/C10H13BrN2O2S3/c11-7-4-6-17-10(7)18(14,15)13-5-2-1-3-8(13)9(12)16/h4,6,8H,1-3,5H2,(H2,12,16). The molecule has 1 fully saturated rings. The number of rotatable bonds is 3. The monoisotopic (exact) mass is 368 g/mol. The quantitative estimate of drug-likeness (QED) is 0.831. The van der Waals surface area contributed by atoms with Gasteiger partial charge in [0.2, 0.25) is 0 Å². The van der Waals surface area contributed by atoms with Gasteiger partial charge >= 0.3 is 0 Å². The van der Waals surface area contributed by atoms with E-state index in [9.17, 15) is 8.42 Å². The molecule has 0 aliphatic carbocycles. The van der Waals surface area contributed by atoms with Crippen molar-refractivity contribution in [3.05, 3.63) is 15.9 Å². The lowest BCUT2D eigenvalue weighted by atomic mass is 10.1. The van der Waals surface area contributed by atoms with Gasteiger partial charge in [0.15, 0.2) is 0 Å². The van der Waals surface area contributed by atoms with Gasteiger partial charge in [0, 0.05) is 11.0 Å². The third-order valence-electron chi connectivity index (χ3n) is 2.91. The molecule has 18 heavy (non-hydrogen) atoms. The third kappa shape index (κ3) is 2.62. The molecule has 1 aromatic heterocycles. The predicted octanol–water partition coefficient (Wildman–Crippen LogP) is 2.34. The first kappa shape index (κ1) is 14.4. The van der Waals surface area contributed by atoms with Crippen LogP contribution in [0.3, 0.4) is 0 Å². The Hall–Kier alpha value is -0.0200. The summed E-state index contributed by atoms with van der Waals surface area (Å²) in [5.74, 6) is 0. The minimum absolute atomic E-state index is 0.256. The van der Waals surface area contributed by atoms with Crippen LogP contribution in [-0.2, 0) is 10.0 Å². The van der Waals surface area contributed by atoms with E-state index in [2.05, 4.69) is 15.9 Å². The molecule has 1 aromatic rings. The highest BCUT2D eigenvalue weighted by Crippen LogP contribution is 2.33. The lowest BCUT2D eigenvalue weighted by Crippen LogP contribution is -2.49. The number of sulfonamides is 1. The summed E-state index contributed by atoms with van der Waals surface area (Å²) in [7, 11) is -3.51. The van der Waals surface area contributed by atoms with Crippen LogP contribution in [0.2, 0.25) is 0 Å². The Morgan fingerprint density at radius 1 is 1.56 bits per heavy atom. The van der Waals surface area contributed by atoms with Gasteiger partial charge in [0.25, 0.3) is 10.0 Å². The lowest BCUT2D eigenvalue weighted by Gasteiger charge is -2.33. The lowest BCUT2D eigenvalue weighted by molar-refractivity contribution is 0.307. The fourth-order valence-corrected chi connectivity index (χ4v) is 6.46. The molecule has 1 saturated heterocycles. The van der Waals surface area contributed by atoms with E-state index in [1.807, 2.05) is 0 Å². The first-order valence-corrected chi connectivity index (χ1v) is 9.01. The van der Waals surface area contributed by atoms with E-state index in [1.54, 1.807) is 11.4 Å². The Morgan fingerprint density at radius 3 is 2.83 bits per heavy atom. The zero-order valence-electron chi connectivity index (χ0n) is 9.50. The van der Waals surface area contributed by atoms with Gasteiger partial charge in [-0.05, 0) is 40.2 Å². The van der Waals surface area contributed by atoms with Crippen LogP contribution in [0.25, 0.3) is 0 Å². The molecule has 0 amide bonds. The highest BCUT2D eigenvalue weighted by Gasteiger charge is 2.36. The molecular formula is C10H13BrN2O2S3. The predicted molar refractivity (Wildman–Crippen MR) is 80.3 cm³/mol. The summed E-state index contributed by atoms with van der Waals surface area (Å²) < 4.78 is 27.5. The van der Waals surface area contributed by atoms with Crippen molar-refractivity contribution in [1.82, 2.24) is 4.31 Å². The van der Waals surface area contributed by atoms with Crippen molar-refractivity contribution < 1.29 is 8.42 Å². The summed E-state index contributed by atoms with van der Waals surface area (Å²) in [5, 5.41) is 1.75. The number of hydrogen-bond donors (Lipinski definition) is 1. The SMILES string of the molecule is NC(=S)C1CCCCN1S(=O)(=O)c1sccc1Br. The van der Waals surface area contributed by atoms with Crippen LogP contribution < -0.4 is 5.73 Å². The minimum Gasteiger partial charge on any atom is -0.392 e. The van der Waals surface area contributed by atoms with Gasteiger partial charge in [-0.1, -0.05) is 18.6 Å². The molecule has 0 radical (unpaired) electrons. The number of piperidine rings is 1. The topological polar surface area (TPSA) is 63.4 Å². The number of nitrogens with two attached hydrogens (primary N) is 1. The maximum absolute atomic E-state index is 12.6. The van der Waals surface area contributed by atoms with E-state index < -0.39 is 10.0 Å². The summed E-state index contributed by atoms with van der Waals surface area (Å²) in [6.45, 7) is 0.481.